The molecule has 16 atom stereocenters. The fraction of sp³-hybridized carbons (Fsp3) is 0.750. The third-order valence-corrected chi connectivity index (χ3v) is 14.3. The van der Waals surface area contributed by atoms with Crippen molar-refractivity contribution in [2.24, 2.45) is 0 Å². The Morgan fingerprint density at radius 1 is 0.561 bits per heavy atom. The molecule has 2 aromatic carbocycles. The molecule has 6 aliphatic rings. The van der Waals surface area contributed by atoms with E-state index in [0.717, 1.165) is 25.7 Å². The molecule has 2 fully saturated rings. The first kappa shape index (κ1) is 54.7. The molecule has 2 heterocycles. The summed E-state index contributed by atoms with van der Waals surface area (Å²) >= 11 is 14.2. The molecule has 376 valence electrons. The molecule has 2 saturated heterocycles. The van der Waals surface area contributed by atoms with Gasteiger partial charge in [-0.25, -0.2) is 0 Å². The summed E-state index contributed by atoms with van der Waals surface area (Å²) in [6.45, 7) is 2.84. The van der Waals surface area contributed by atoms with Gasteiger partial charge in [0.05, 0.1) is 25.4 Å². The smallest absolute Gasteiger partial charge is 0.229 e. The lowest BCUT2D eigenvalue weighted by molar-refractivity contribution is -0.277. The Bertz CT molecular complexity index is 1650. The number of hydrogen-bond donors (Lipinski definition) is 10. The molecule has 0 spiro atoms. The van der Waals surface area contributed by atoms with Crippen LogP contribution in [0, 0.1) is 0 Å². The van der Waals surface area contributed by atoms with E-state index in [2.05, 4.69) is 13.8 Å². The summed E-state index contributed by atoms with van der Waals surface area (Å²) in [5.74, 6) is -0.282. The Kier molecular flexibility index (Phi) is 21.6. The number of aromatic hydroxyl groups is 2. The molecule has 0 radical (unpaired) electrons. The van der Waals surface area contributed by atoms with Crippen molar-refractivity contribution < 1.29 is 79.5 Å². The number of ether oxygens (including phenoxy) is 6. The van der Waals surface area contributed by atoms with E-state index in [1.54, 1.807) is 24.3 Å². The first-order valence-electron chi connectivity index (χ1n) is 23.6. The van der Waals surface area contributed by atoms with Crippen molar-refractivity contribution in [2.75, 3.05) is 27.4 Å². The summed E-state index contributed by atoms with van der Waals surface area (Å²) in [6, 6.07) is 6.71. The van der Waals surface area contributed by atoms with Crippen LogP contribution < -0.4 is 9.47 Å². The summed E-state index contributed by atoms with van der Waals surface area (Å²) in [5, 5.41) is 107. The second kappa shape index (κ2) is 26.1. The third kappa shape index (κ3) is 13.5. The lowest BCUT2D eigenvalue weighted by atomic mass is 9.85. The molecule has 10 N–H and O–H groups in total. The molecule has 0 amide bonds. The van der Waals surface area contributed by atoms with E-state index >= 15 is 0 Å². The number of methoxy groups -OCH3 is 2. The molecule has 4 bridgehead atoms. The quantitative estimate of drug-likeness (QED) is 0.106. The molecule has 2 aliphatic heterocycles. The summed E-state index contributed by atoms with van der Waals surface area (Å²) in [5.41, 5.74) is 2.00. The molecule has 0 saturated carbocycles. The van der Waals surface area contributed by atoms with Crippen LogP contribution in [-0.2, 0) is 18.9 Å². The van der Waals surface area contributed by atoms with Gasteiger partial charge in [0.25, 0.3) is 0 Å². The van der Waals surface area contributed by atoms with E-state index in [4.69, 9.17) is 51.6 Å². The zero-order chi connectivity index (χ0) is 48.2. The number of alkyl halides is 2. The number of phenols is 2. The van der Waals surface area contributed by atoms with Crippen molar-refractivity contribution >= 4 is 23.2 Å². The van der Waals surface area contributed by atoms with Crippen LogP contribution in [0.3, 0.4) is 0 Å². The van der Waals surface area contributed by atoms with E-state index in [-0.39, 0.29) is 34.8 Å². The summed E-state index contributed by atoms with van der Waals surface area (Å²) in [6.07, 6.45) is -7.97. The first-order chi connectivity index (χ1) is 31.6. The molecular weight excluding hydrogens is 903 g/mol. The summed E-state index contributed by atoms with van der Waals surface area (Å²) in [7, 11) is 3.07. The Morgan fingerprint density at radius 3 is 1.27 bits per heavy atom. The maximum Gasteiger partial charge on any atom is 0.229 e. The van der Waals surface area contributed by atoms with Crippen LogP contribution in [0.5, 0.6) is 23.0 Å². The minimum absolute atomic E-state index is 0.0614. The van der Waals surface area contributed by atoms with Crippen molar-refractivity contribution in [3.63, 3.8) is 0 Å². The fourth-order valence-electron chi connectivity index (χ4n) is 9.61. The van der Waals surface area contributed by atoms with Crippen LogP contribution in [0.15, 0.2) is 24.3 Å². The fourth-order valence-corrected chi connectivity index (χ4v) is 10.2. The SMILES string of the molecule is CCCC[C@@H]1CCC[C@H](Cl)C[C@H](OC)c2cc(O)c(c(O[C@@H]3OC(CO)C(O)[C@H](O)C3O)c2)[C@H](CCCC)CCC[C@H](Cl)C[C@H](OC)c2cc(O)c1c(OC1O[C@H](CO)C(O)[C@@H](O)[C@H]1O)c2. The Morgan fingerprint density at radius 2 is 0.939 bits per heavy atom. The number of phenolic OH excluding ortho intramolecular Hbond substituents is 2. The zero-order valence-corrected chi connectivity index (χ0v) is 40.1. The highest BCUT2D eigenvalue weighted by molar-refractivity contribution is 6.20. The van der Waals surface area contributed by atoms with Crippen LogP contribution in [-0.4, -0.2) is 151 Å². The zero-order valence-electron chi connectivity index (χ0n) is 38.5. The molecule has 8 rings (SSSR count). The first-order valence-corrected chi connectivity index (χ1v) is 24.5. The molecule has 4 aliphatic carbocycles. The average Bonchev–Trinajstić information content (AvgIpc) is 3.29. The van der Waals surface area contributed by atoms with Gasteiger partial charge in [-0.05, 0) is 98.6 Å². The van der Waals surface area contributed by atoms with E-state index < -0.39 is 97.6 Å². The monoisotopic (exact) mass is 976 g/mol. The average molecular weight is 978 g/mol. The van der Waals surface area contributed by atoms with Crippen molar-refractivity contribution in [1.82, 2.24) is 0 Å². The minimum atomic E-state index is -1.69. The van der Waals surface area contributed by atoms with Gasteiger partial charge in [-0.3, -0.25) is 0 Å². The van der Waals surface area contributed by atoms with Gasteiger partial charge in [0, 0.05) is 36.1 Å². The minimum Gasteiger partial charge on any atom is -0.508 e. The number of aliphatic hydroxyl groups excluding tert-OH is 8. The standard InChI is InChI=1S/C48H74Cl2O16/c1-5-7-11-25-13-9-15-29(49)21-34(62-4)28-18-32(54)40(36(20-28)64-48-46(60)44(58)42(56)38(24-52)66-48)26(12-8-6-2)14-10-16-30(50)22-33(61-3)27-17-31(53)39(25)35(19-27)63-47-45(59)43(57)41(55)37(23-51)65-47/h17-20,25-26,29-30,33-34,37-38,41-48,51-60H,5-16,21-24H2,1-4H3/t25-,26-,29+,30+,33+,34+,37-,38?,41?,42?,43-,44+,45-,46?,47?,48-/m1/s1. The second-order valence-corrected chi connectivity index (χ2v) is 19.4. The van der Waals surface area contributed by atoms with Crippen LogP contribution >= 0.6 is 23.2 Å². The van der Waals surface area contributed by atoms with Gasteiger partial charge in [-0.1, -0.05) is 52.4 Å². The largest absolute Gasteiger partial charge is 0.508 e. The molecule has 2 aromatic rings. The van der Waals surface area contributed by atoms with E-state index in [9.17, 15) is 51.1 Å². The van der Waals surface area contributed by atoms with Gasteiger partial charge in [-0.2, -0.15) is 0 Å². The predicted octanol–water partition coefficient (Wildman–Crippen LogP) is 5.43. The number of hydrogen-bond acceptors (Lipinski definition) is 16. The third-order valence-electron chi connectivity index (χ3n) is 13.5. The Balaban J connectivity index is 1.55. The van der Waals surface area contributed by atoms with Crippen molar-refractivity contribution in [3.05, 3.63) is 46.5 Å². The van der Waals surface area contributed by atoms with Gasteiger partial charge in [0.1, 0.15) is 71.8 Å². The number of benzene rings is 2. The maximum atomic E-state index is 11.9. The van der Waals surface area contributed by atoms with Gasteiger partial charge < -0.3 is 79.5 Å². The van der Waals surface area contributed by atoms with Gasteiger partial charge >= 0.3 is 0 Å². The molecular formula is C48H74Cl2O16. The summed E-state index contributed by atoms with van der Waals surface area (Å²) < 4.78 is 36.2. The van der Waals surface area contributed by atoms with E-state index in [0.29, 0.717) is 86.5 Å². The van der Waals surface area contributed by atoms with Crippen molar-refractivity contribution in [3.8, 4) is 23.0 Å². The number of rotatable bonds is 14. The highest BCUT2D eigenvalue weighted by Gasteiger charge is 2.47. The van der Waals surface area contributed by atoms with Crippen LogP contribution in [0.2, 0.25) is 0 Å². The predicted molar refractivity (Wildman–Crippen MR) is 245 cm³/mol. The van der Waals surface area contributed by atoms with Crippen molar-refractivity contribution in [1.29, 1.82) is 0 Å². The van der Waals surface area contributed by atoms with Crippen LogP contribution in [0.1, 0.15) is 150 Å². The van der Waals surface area contributed by atoms with E-state index in [1.165, 1.54) is 14.2 Å². The molecule has 5 unspecified atom stereocenters. The van der Waals surface area contributed by atoms with E-state index in [1.807, 2.05) is 0 Å². The summed E-state index contributed by atoms with van der Waals surface area (Å²) in [4.78, 5) is 0. The lowest BCUT2D eigenvalue weighted by Gasteiger charge is -2.40. The molecule has 16 nitrogen and oxygen atoms in total. The number of halogens is 2. The van der Waals surface area contributed by atoms with Gasteiger partial charge in [0.15, 0.2) is 0 Å². The molecule has 18 heteroatoms. The van der Waals surface area contributed by atoms with Crippen LogP contribution in [0.4, 0.5) is 0 Å². The van der Waals surface area contributed by atoms with Gasteiger partial charge in [0.2, 0.25) is 12.6 Å². The molecule has 66 heavy (non-hydrogen) atoms. The lowest BCUT2D eigenvalue weighted by Crippen LogP contribution is -2.60. The second-order valence-electron chi connectivity index (χ2n) is 18.2. The Labute approximate surface area is 398 Å². The maximum absolute atomic E-state index is 11.9. The van der Waals surface area contributed by atoms with Gasteiger partial charge in [-0.15, -0.1) is 23.2 Å². The van der Waals surface area contributed by atoms with Crippen molar-refractivity contribution in [2.45, 2.75) is 200 Å². The highest BCUT2D eigenvalue weighted by atomic mass is 35.5. The van der Waals surface area contributed by atoms with Crippen LogP contribution in [0.25, 0.3) is 0 Å². The Hall–Kier alpha value is -2.26. The topological polar surface area (TPSA) is 258 Å². The highest BCUT2D eigenvalue weighted by Crippen LogP contribution is 2.47. The molecule has 0 aromatic heterocycles. The normalized spacial score (nSPS) is 35.2. The number of unbranched alkanes of at least 4 members (excludes halogenated alkanes) is 2. The number of aliphatic hydroxyl groups is 8.